The lowest BCUT2D eigenvalue weighted by Crippen LogP contribution is -2.11. The molecule has 0 spiro atoms. The molecule has 0 saturated carbocycles. The first-order valence-corrected chi connectivity index (χ1v) is 6.43. The molecule has 2 nitrogen and oxygen atoms in total. The Balaban J connectivity index is 2.27. The van der Waals surface area contributed by atoms with E-state index in [0.29, 0.717) is 0 Å². The first-order chi connectivity index (χ1) is 8.20. The summed E-state index contributed by atoms with van der Waals surface area (Å²) >= 11 is 2.29. The van der Waals surface area contributed by atoms with Crippen LogP contribution in [0.3, 0.4) is 0 Å². The molecular formula is C14H14INO. The second-order valence-electron chi connectivity index (χ2n) is 3.81. The highest BCUT2D eigenvalue weighted by atomic mass is 127. The number of hydrogen-bond donors (Lipinski definition) is 1. The summed E-state index contributed by atoms with van der Waals surface area (Å²) in [4.78, 5) is 0. The van der Waals surface area contributed by atoms with Crippen LogP contribution in [0.15, 0.2) is 48.5 Å². The van der Waals surface area contributed by atoms with Gasteiger partial charge in [-0.25, -0.2) is 0 Å². The number of benzene rings is 2. The van der Waals surface area contributed by atoms with Gasteiger partial charge in [-0.1, -0.05) is 24.3 Å². The molecule has 0 aromatic heterocycles. The Hall–Kier alpha value is -1.07. The fraction of sp³-hybridized carbons (Fsp3) is 0.143. The van der Waals surface area contributed by atoms with Crippen LogP contribution >= 0.6 is 22.6 Å². The summed E-state index contributed by atoms with van der Waals surface area (Å²) in [6.45, 7) is 0. The normalized spacial score (nSPS) is 12.2. The first-order valence-electron chi connectivity index (χ1n) is 5.35. The molecule has 0 radical (unpaired) electrons. The number of methoxy groups -OCH3 is 1. The molecule has 0 amide bonds. The zero-order valence-corrected chi connectivity index (χ0v) is 11.7. The maximum absolute atomic E-state index is 6.23. The number of rotatable bonds is 3. The van der Waals surface area contributed by atoms with Crippen molar-refractivity contribution in [2.24, 2.45) is 5.73 Å². The average Bonchev–Trinajstić information content (AvgIpc) is 2.38. The third-order valence-corrected chi connectivity index (χ3v) is 3.35. The summed E-state index contributed by atoms with van der Waals surface area (Å²) in [6, 6.07) is 16.0. The van der Waals surface area contributed by atoms with E-state index in [0.717, 1.165) is 16.9 Å². The van der Waals surface area contributed by atoms with Gasteiger partial charge in [0, 0.05) is 3.57 Å². The molecule has 17 heavy (non-hydrogen) atoms. The van der Waals surface area contributed by atoms with Crippen molar-refractivity contribution in [1.29, 1.82) is 0 Å². The van der Waals surface area contributed by atoms with Gasteiger partial charge in [0.2, 0.25) is 0 Å². The van der Waals surface area contributed by atoms with Crippen molar-refractivity contribution in [1.82, 2.24) is 0 Å². The second-order valence-corrected chi connectivity index (χ2v) is 5.05. The van der Waals surface area contributed by atoms with Gasteiger partial charge in [-0.15, -0.1) is 0 Å². The summed E-state index contributed by atoms with van der Waals surface area (Å²) < 4.78 is 6.33. The van der Waals surface area contributed by atoms with E-state index < -0.39 is 0 Å². The Morgan fingerprint density at radius 1 is 1.06 bits per heavy atom. The summed E-state index contributed by atoms with van der Waals surface area (Å²) in [5.41, 5.74) is 8.45. The predicted molar refractivity (Wildman–Crippen MR) is 78.2 cm³/mol. The summed E-state index contributed by atoms with van der Waals surface area (Å²) in [6.07, 6.45) is 0. The monoisotopic (exact) mass is 339 g/mol. The van der Waals surface area contributed by atoms with Crippen molar-refractivity contribution < 1.29 is 4.74 Å². The minimum atomic E-state index is -0.0874. The third kappa shape index (κ3) is 2.98. The molecule has 1 unspecified atom stereocenters. The lowest BCUT2D eigenvalue weighted by molar-refractivity contribution is 0.414. The van der Waals surface area contributed by atoms with Crippen molar-refractivity contribution in [3.8, 4) is 5.75 Å². The predicted octanol–water partition coefficient (Wildman–Crippen LogP) is 3.35. The third-order valence-electron chi connectivity index (χ3n) is 2.68. The van der Waals surface area contributed by atoms with Crippen molar-refractivity contribution in [3.63, 3.8) is 0 Å². The van der Waals surface area contributed by atoms with Crippen molar-refractivity contribution >= 4 is 22.6 Å². The van der Waals surface area contributed by atoms with Crippen LogP contribution in [0.5, 0.6) is 5.75 Å². The van der Waals surface area contributed by atoms with Crippen LogP contribution in [0.4, 0.5) is 0 Å². The van der Waals surface area contributed by atoms with Gasteiger partial charge in [0.25, 0.3) is 0 Å². The highest BCUT2D eigenvalue weighted by molar-refractivity contribution is 14.1. The van der Waals surface area contributed by atoms with Crippen molar-refractivity contribution in [2.75, 3.05) is 7.11 Å². The molecule has 0 heterocycles. The quantitative estimate of drug-likeness (QED) is 0.871. The summed E-state index contributed by atoms with van der Waals surface area (Å²) in [5.74, 6) is 0.851. The van der Waals surface area contributed by atoms with E-state index in [-0.39, 0.29) is 6.04 Å². The molecule has 2 rings (SSSR count). The summed E-state index contributed by atoms with van der Waals surface area (Å²) in [7, 11) is 1.66. The van der Waals surface area contributed by atoms with Crippen LogP contribution in [0.1, 0.15) is 17.2 Å². The molecular weight excluding hydrogens is 325 g/mol. The maximum atomic E-state index is 6.23. The van der Waals surface area contributed by atoms with E-state index in [4.69, 9.17) is 10.5 Å². The standard InChI is InChI=1S/C14H14INO/c1-17-13-7-5-10(6-8-13)14(16)11-3-2-4-12(15)9-11/h2-9,14H,16H2,1H3. The molecule has 0 aliphatic carbocycles. The van der Waals surface area contributed by atoms with E-state index >= 15 is 0 Å². The molecule has 0 bridgehead atoms. The van der Waals surface area contributed by atoms with Gasteiger partial charge in [-0.2, -0.15) is 0 Å². The highest BCUT2D eigenvalue weighted by Gasteiger charge is 2.08. The summed E-state index contributed by atoms with van der Waals surface area (Å²) in [5, 5.41) is 0. The van der Waals surface area contributed by atoms with Crippen molar-refractivity contribution in [3.05, 3.63) is 63.2 Å². The minimum Gasteiger partial charge on any atom is -0.497 e. The van der Waals surface area contributed by atoms with Gasteiger partial charge in [0.05, 0.1) is 13.2 Å². The minimum absolute atomic E-state index is 0.0874. The Labute approximate surface area is 115 Å². The molecule has 0 aliphatic rings. The van der Waals surface area contributed by atoms with Crippen molar-refractivity contribution in [2.45, 2.75) is 6.04 Å². The zero-order chi connectivity index (χ0) is 12.3. The number of nitrogens with two attached hydrogens (primary N) is 1. The molecule has 88 valence electrons. The molecule has 2 aromatic carbocycles. The van der Waals surface area contributed by atoms with Crippen LogP contribution in [-0.2, 0) is 0 Å². The first kappa shape index (κ1) is 12.4. The molecule has 2 aromatic rings. The van der Waals surface area contributed by atoms with E-state index in [9.17, 15) is 0 Å². The largest absolute Gasteiger partial charge is 0.497 e. The Morgan fingerprint density at radius 3 is 2.35 bits per heavy atom. The van der Waals surface area contributed by atoms with Gasteiger partial charge in [-0.3, -0.25) is 0 Å². The SMILES string of the molecule is COc1ccc(C(N)c2cccc(I)c2)cc1. The fourth-order valence-corrected chi connectivity index (χ4v) is 2.27. The molecule has 0 saturated heterocycles. The van der Waals surface area contributed by atoms with Gasteiger partial charge in [-0.05, 0) is 58.0 Å². The van der Waals surface area contributed by atoms with Crippen LogP contribution in [0.25, 0.3) is 0 Å². The lowest BCUT2D eigenvalue weighted by atomic mass is 10.00. The van der Waals surface area contributed by atoms with Crippen LogP contribution < -0.4 is 10.5 Å². The molecule has 1 atom stereocenters. The Kier molecular flexibility index (Phi) is 4.02. The Bertz CT molecular complexity index is 496. The number of ether oxygens (including phenoxy) is 1. The fourth-order valence-electron chi connectivity index (χ4n) is 1.70. The van der Waals surface area contributed by atoms with Crippen LogP contribution in [0, 0.1) is 3.57 Å². The highest BCUT2D eigenvalue weighted by Crippen LogP contribution is 2.23. The maximum Gasteiger partial charge on any atom is 0.118 e. The smallest absolute Gasteiger partial charge is 0.118 e. The topological polar surface area (TPSA) is 35.2 Å². The van der Waals surface area contributed by atoms with E-state index in [1.54, 1.807) is 7.11 Å². The van der Waals surface area contributed by atoms with E-state index in [2.05, 4.69) is 40.8 Å². The number of halogens is 1. The number of hydrogen-bond acceptors (Lipinski definition) is 2. The molecule has 3 heteroatoms. The van der Waals surface area contributed by atoms with Gasteiger partial charge >= 0.3 is 0 Å². The van der Waals surface area contributed by atoms with Gasteiger partial charge in [0.15, 0.2) is 0 Å². The second kappa shape index (κ2) is 5.51. The van der Waals surface area contributed by atoms with Crippen LogP contribution in [-0.4, -0.2) is 7.11 Å². The Morgan fingerprint density at radius 2 is 1.76 bits per heavy atom. The van der Waals surface area contributed by atoms with Gasteiger partial charge < -0.3 is 10.5 Å². The van der Waals surface area contributed by atoms with Crippen LogP contribution in [0.2, 0.25) is 0 Å². The molecule has 0 aliphatic heterocycles. The molecule has 2 N–H and O–H groups in total. The average molecular weight is 339 g/mol. The van der Waals surface area contributed by atoms with E-state index in [1.807, 2.05) is 30.3 Å². The molecule has 0 fully saturated rings. The van der Waals surface area contributed by atoms with Gasteiger partial charge in [0.1, 0.15) is 5.75 Å². The van der Waals surface area contributed by atoms with E-state index in [1.165, 1.54) is 3.57 Å². The zero-order valence-electron chi connectivity index (χ0n) is 9.56. The lowest BCUT2D eigenvalue weighted by Gasteiger charge is -2.13.